The number of nitrogens with one attached hydrogen (secondary N) is 1. The number of ether oxygens (including phenoxy) is 1. The van der Waals surface area contributed by atoms with E-state index in [9.17, 15) is 9.59 Å². The Morgan fingerprint density at radius 2 is 1.85 bits per heavy atom. The van der Waals surface area contributed by atoms with Crippen molar-refractivity contribution in [2.45, 2.75) is 71.5 Å². The molecule has 0 radical (unpaired) electrons. The lowest BCUT2D eigenvalue weighted by molar-refractivity contribution is -0.142. The van der Waals surface area contributed by atoms with Crippen LogP contribution in [0.5, 0.6) is 5.75 Å². The summed E-state index contributed by atoms with van der Waals surface area (Å²) in [5, 5.41) is 4.10. The van der Waals surface area contributed by atoms with E-state index in [2.05, 4.69) is 5.32 Å². The lowest BCUT2D eigenvalue weighted by Gasteiger charge is -2.31. The van der Waals surface area contributed by atoms with Gasteiger partial charge >= 0.3 is 0 Å². The molecule has 0 bridgehead atoms. The Balaban J connectivity index is 1.76. The van der Waals surface area contributed by atoms with Crippen molar-refractivity contribution in [3.63, 3.8) is 0 Å². The molecule has 2 amide bonds. The number of nitrogens with zero attached hydrogens (tertiary/aromatic N) is 1. The third-order valence-corrected chi connectivity index (χ3v) is 6.97. The van der Waals surface area contributed by atoms with Gasteiger partial charge in [0.2, 0.25) is 5.91 Å². The van der Waals surface area contributed by atoms with E-state index < -0.39 is 6.04 Å². The van der Waals surface area contributed by atoms with E-state index in [-0.39, 0.29) is 31.0 Å². The highest BCUT2D eigenvalue weighted by molar-refractivity contribution is 6.35. The van der Waals surface area contributed by atoms with Gasteiger partial charge in [0.15, 0.2) is 6.61 Å². The van der Waals surface area contributed by atoms with Crippen molar-refractivity contribution in [1.82, 2.24) is 10.2 Å². The fourth-order valence-corrected chi connectivity index (χ4v) is 4.56. The zero-order valence-electron chi connectivity index (χ0n) is 19.5. The zero-order chi connectivity index (χ0) is 24.0. The van der Waals surface area contributed by atoms with Crippen molar-refractivity contribution in [3.05, 3.63) is 63.1 Å². The predicted octanol–water partition coefficient (Wildman–Crippen LogP) is 5.86. The monoisotopic (exact) mass is 490 g/mol. The second-order valence-electron chi connectivity index (χ2n) is 8.76. The van der Waals surface area contributed by atoms with E-state index >= 15 is 0 Å². The molecule has 1 fully saturated rings. The standard InChI is InChI=1S/C26H32Cl2N2O3/c1-17-8-7-11-24(18(17)2)33-16-25(31)30(15-20-12-13-21(27)14-23(20)28)19(3)26(32)29-22-9-5-4-6-10-22/h7-8,11-14,19,22H,4-6,9-10,15-16H2,1-3H3,(H,29,32)/t19-/m0/s1. The fraction of sp³-hybridized carbons (Fsp3) is 0.462. The van der Waals surface area contributed by atoms with Gasteiger partial charge in [0.05, 0.1) is 0 Å². The minimum Gasteiger partial charge on any atom is -0.483 e. The second-order valence-corrected chi connectivity index (χ2v) is 9.61. The molecule has 1 aliphatic carbocycles. The van der Waals surface area contributed by atoms with Crippen LogP contribution in [0.2, 0.25) is 10.0 Å². The van der Waals surface area contributed by atoms with Gasteiger partial charge in [-0.05, 0) is 68.5 Å². The fourth-order valence-electron chi connectivity index (χ4n) is 4.09. The number of amides is 2. The number of hydrogen-bond acceptors (Lipinski definition) is 3. The molecule has 0 heterocycles. The first-order chi connectivity index (χ1) is 15.8. The molecule has 3 rings (SSSR count). The number of aryl methyl sites for hydroxylation is 1. The van der Waals surface area contributed by atoms with Gasteiger partial charge in [-0.2, -0.15) is 0 Å². The Labute approximate surface area is 206 Å². The van der Waals surface area contributed by atoms with Crippen LogP contribution in [0.3, 0.4) is 0 Å². The van der Waals surface area contributed by atoms with Crippen molar-refractivity contribution >= 4 is 35.0 Å². The molecule has 2 aromatic carbocycles. The summed E-state index contributed by atoms with van der Waals surface area (Å²) in [7, 11) is 0. The molecule has 1 N–H and O–H groups in total. The van der Waals surface area contributed by atoms with Gasteiger partial charge in [0.25, 0.3) is 5.91 Å². The molecule has 7 heteroatoms. The van der Waals surface area contributed by atoms with Crippen LogP contribution in [0.15, 0.2) is 36.4 Å². The summed E-state index contributed by atoms with van der Waals surface area (Å²) in [4.78, 5) is 27.9. The predicted molar refractivity (Wildman–Crippen MR) is 133 cm³/mol. The summed E-state index contributed by atoms with van der Waals surface area (Å²) < 4.78 is 5.85. The topological polar surface area (TPSA) is 58.6 Å². The van der Waals surface area contributed by atoms with Crippen LogP contribution < -0.4 is 10.1 Å². The average Bonchev–Trinajstić information content (AvgIpc) is 2.79. The summed E-state index contributed by atoms with van der Waals surface area (Å²) in [6.45, 7) is 5.72. The Hall–Kier alpha value is -2.24. The zero-order valence-corrected chi connectivity index (χ0v) is 21.0. The van der Waals surface area contributed by atoms with Gasteiger partial charge in [0, 0.05) is 22.6 Å². The number of carbonyl (C=O) groups excluding carboxylic acids is 2. The quantitative estimate of drug-likeness (QED) is 0.504. The number of halogens is 2. The molecule has 1 aliphatic rings. The van der Waals surface area contributed by atoms with E-state index in [1.165, 1.54) is 11.3 Å². The molecular formula is C26H32Cl2N2O3. The van der Waals surface area contributed by atoms with Crippen molar-refractivity contribution in [2.24, 2.45) is 0 Å². The van der Waals surface area contributed by atoms with Crippen LogP contribution in [0, 0.1) is 13.8 Å². The number of rotatable bonds is 8. The second kappa shape index (κ2) is 11.8. The minimum atomic E-state index is -0.673. The first-order valence-corrected chi connectivity index (χ1v) is 12.2. The lowest BCUT2D eigenvalue weighted by Crippen LogP contribution is -2.51. The molecule has 0 aliphatic heterocycles. The maximum absolute atomic E-state index is 13.3. The Morgan fingerprint density at radius 3 is 2.55 bits per heavy atom. The Morgan fingerprint density at radius 1 is 1.12 bits per heavy atom. The summed E-state index contributed by atoms with van der Waals surface area (Å²) >= 11 is 12.4. The van der Waals surface area contributed by atoms with E-state index in [1.807, 2.05) is 32.0 Å². The highest BCUT2D eigenvalue weighted by Gasteiger charge is 2.29. The van der Waals surface area contributed by atoms with Crippen LogP contribution in [0.1, 0.15) is 55.7 Å². The van der Waals surface area contributed by atoms with Crippen LogP contribution >= 0.6 is 23.2 Å². The van der Waals surface area contributed by atoms with Crippen LogP contribution in [-0.2, 0) is 16.1 Å². The maximum atomic E-state index is 13.3. The highest BCUT2D eigenvalue weighted by Crippen LogP contribution is 2.25. The largest absolute Gasteiger partial charge is 0.483 e. The molecule has 0 spiro atoms. The summed E-state index contributed by atoms with van der Waals surface area (Å²) in [6.07, 6.45) is 5.39. The maximum Gasteiger partial charge on any atom is 0.261 e. The first-order valence-electron chi connectivity index (χ1n) is 11.5. The number of hydrogen-bond donors (Lipinski definition) is 1. The van der Waals surface area contributed by atoms with Gasteiger partial charge in [-0.1, -0.05) is 60.7 Å². The van der Waals surface area contributed by atoms with Crippen molar-refractivity contribution in [3.8, 4) is 5.75 Å². The van der Waals surface area contributed by atoms with Gasteiger partial charge in [-0.3, -0.25) is 9.59 Å². The Kier molecular flexibility index (Phi) is 9.04. The molecule has 2 aromatic rings. The van der Waals surface area contributed by atoms with Gasteiger partial charge in [-0.25, -0.2) is 0 Å². The van der Waals surface area contributed by atoms with Crippen LogP contribution in [0.25, 0.3) is 0 Å². The third-order valence-electron chi connectivity index (χ3n) is 6.38. The first kappa shape index (κ1) is 25.4. The average molecular weight is 491 g/mol. The summed E-state index contributed by atoms with van der Waals surface area (Å²) in [5.74, 6) is 0.215. The van der Waals surface area contributed by atoms with E-state index in [4.69, 9.17) is 27.9 Å². The molecule has 0 unspecified atom stereocenters. The van der Waals surface area contributed by atoms with Crippen molar-refractivity contribution in [2.75, 3.05) is 6.61 Å². The minimum absolute atomic E-state index is 0.160. The third kappa shape index (κ3) is 6.87. The van der Waals surface area contributed by atoms with Crippen LogP contribution in [-0.4, -0.2) is 35.4 Å². The molecule has 0 saturated heterocycles. The van der Waals surface area contributed by atoms with E-state index in [1.54, 1.807) is 25.1 Å². The normalized spacial score (nSPS) is 15.1. The molecular weight excluding hydrogens is 459 g/mol. The van der Waals surface area contributed by atoms with E-state index in [0.717, 1.165) is 42.4 Å². The molecule has 178 valence electrons. The Bertz CT molecular complexity index is 989. The van der Waals surface area contributed by atoms with Gasteiger partial charge < -0.3 is 15.0 Å². The summed E-state index contributed by atoms with van der Waals surface area (Å²) in [6, 6.07) is 10.4. The van der Waals surface area contributed by atoms with E-state index in [0.29, 0.717) is 15.8 Å². The SMILES string of the molecule is Cc1cccc(OCC(=O)N(Cc2ccc(Cl)cc2Cl)[C@@H](C)C(=O)NC2CCCCC2)c1C. The van der Waals surface area contributed by atoms with Gasteiger partial charge in [-0.15, -0.1) is 0 Å². The highest BCUT2D eigenvalue weighted by atomic mass is 35.5. The molecule has 0 aromatic heterocycles. The van der Waals surface area contributed by atoms with Crippen molar-refractivity contribution < 1.29 is 14.3 Å². The summed E-state index contributed by atoms with van der Waals surface area (Å²) in [5.41, 5.74) is 2.80. The molecule has 5 nitrogen and oxygen atoms in total. The lowest BCUT2D eigenvalue weighted by atomic mass is 9.95. The van der Waals surface area contributed by atoms with Crippen molar-refractivity contribution in [1.29, 1.82) is 0 Å². The smallest absolute Gasteiger partial charge is 0.261 e. The van der Waals surface area contributed by atoms with Crippen LogP contribution in [0.4, 0.5) is 0 Å². The number of carbonyl (C=O) groups is 2. The van der Waals surface area contributed by atoms with Gasteiger partial charge in [0.1, 0.15) is 11.8 Å². The molecule has 33 heavy (non-hydrogen) atoms. The molecule has 1 saturated carbocycles. The molecule has 1 atom stereocenters. The number of benzene rings is 2.